The number of aromatic nitrogens is 1. The number of rotatable bonds is 3. The molecular weight excluding hydrogens is 366 g/mol. The highest BCUT2D eigenvalue weighted by molar-refractivity contribution is 7.20. The van der Waals surface area contributed by atoms with Crippen molar-refractivity contribution >= 4 is 39.2 Å². The lowest BCUT2D eigenvalue weighted by Crippen LogP contribution is -2.48. The van der Waals surface area contributed by atoms with Gasteiger partial charge in [-0.15, -0.1) is 11.3 Å². The first kappa shape index (κ1) is 17.6. The summed E-state index contributed by atoms with van der Waals surface area (Å²) in [4.78, 5) is 34.5. The third-order valence-electron chi connectivity index (χ3n) is 6.24. The van der Waals surface area contributed by atoms with Gasteiger partial charge in [0.25, 0.3) is 0 Å². The van der Waals surface area contributed by atoms with Crippen LogP contribution < -0.4 is 0 Å². The van der Waals surface area contributed by atoms with Crippen LogP contribution in [0.4, 0.5) is 0 Å². The van der Waals surface area contributed by atoms with Crippen molar-refractivity contribution in [1.29, 1.82) is 5.26 Å². The van der Waals surface area contributed by atoms with Crippen LogP contribution in [0.5, 0.6) is 0 Å². The Kier molecular flexibility index (Phi) is 3.65. The minimum atomic E-state index is -1.38. The maximum Gasteiger partial charge on any atom is 0.378 e. The Hall–Kier alpha value is -2.79. The van der Waals surface area contributed by atoms with Gasteiger partial charge in [-0.25, -0.2) is 9.78 Å². The standard InChI is InChI=1S/C19H17N3O4S/c1-17(2)18(3)8-9-19(17,25-15(18)23)16(24)26-22-12(10-20)14-21-11-6-4-5-7-13(11)27-14/h4-7H,8-9H2,1-3H3. The summed E-state index contributed by atoms with van der Waals surface area (Å²) < 4.78 is 6.37. The van der Waals surface area contributed by atoms with Crippen LogP contribution in [0.25, 0.3) is 10.2 Å². The largest absolute Gasteiger partial charge is 0.446 e. The lowest BCUT2D eigenvalue weighted by molar-refractivity contribution is -0.183. The smallest absolute Gasteiger partial charge is 0.378 e. The number of benzene rings is 1. The van der Waals surface area contributed by atoms with Crippen molar-refractivity contribution in [3.8, 4) is 6.07 Å². The molecule has 2 unspecified atom stereocenters. The van der Waals surface area contributed by atoms with Crippen LogP contribution in [0.1, 0.15) is 38.6 Å². The van der Waals surface area contributed by atoms with Crippen molar-refractivity contribution in [2.24, 2.45) is 16.0 Å². The van der Waals surface area contributed by atoms with Gasteiger partial charge >= 0.3 is 11.9 Å². The van der Waals surface area contributed by atoms with E-state index in [-0.39, 0.29) is 5.71 Å². The summed E-state index contributed by atoms with van der Waals surface area (Å²) in [5.41, 5.74) is -2.20. The molecule has 2 aliphatic rings. The highest BCUT2D eigenvalue weighted by atomic mass is 32.1. The number of ether oxygens (including phenoxy) is 1. The van der Waals surface area contributed by atoms with Crippen LogP contribution in [-0.4, -0.2) is 28.2 Å². The molecule has 1 saturated carbocycles. The number of fused-ring (bicyclic) bond motifs is 3. The highest BCUT2D eigenvalue weighted by Gasteiger charge is 2.76. The monoisotopic (exact) mass is 383 g/mol. The van der Waals surface area contributed by atoms with Crippen molar-refractivity contribution in [2.45, 2.75) is 39.2 Å². The molecule has 7 nitrogen and oxygen atoms in total. The normalized spacial score (nSPS) is 28.8. The SMILES string of the molecule is CC12CCC(C(=O)ON=C(C#N)c3nc4ccccc4s3)(OC1=O)C2(C)C. The van der Waals surface area contributed by atoms with Crippen molar-refractivity contribution < 1.29 is 19.2 Å². The van der Waals surface area contributed by atoms with Gasteiger partial charge in [0.2, 0.25) is 11.3 Å². The molecule has 0 radical (unpaired) electrons. The van der Waals surface area contributed by atoms with Gasteiger partial charge in [-0.2, -0.15) is 5.26 Å². The Morgan fingerprint density at radius 2 is 2.07 bits per heavy atom. The van der Waals surface area contributed by atoms with Gasteiger partial charge in [0.05, 0.1) is 15.6 Å². The quantitative estimate of drug-likeness (QED) is 0.349. The molecule has 2 bridgehead atoms. The molecular formula is C19H17N3O4S. The number of nitrogens with zero attached hydrogens (tertiary/aromatic N) is 3. The van der Waals surface area contributed by atoms with Gasteiger partial charge in [0, 0.05) is 5.41 Å². The van der Waals surface area contributed by atoms with E-state index < -0.39 is 28.4 Å². The molecule has 1 aromatic heterocycles. The molecule has 0 amide bonds. The third-order valence-corrected chi connectivity index (χ3v) is 7.28. The number of thiazole rings is 1. The predicted molar refractivity (Wildman–Crippen MR) is 97.8 cm³/mol. The molecule has 1 aliphatic heterocycles. The van der Waals surface area contributed by atoms with E-state index in [4.69, 9.17) is 9.57 Å². The summed E-state index contributed by atoms with van der Waals surface area (Å²) in [6.45, 7) is 5.46. The van der Waals surface area contributed by atoms with Gasteiger partial charge < -0.3 is 9.57 Å². The van der Waals surface area contributed by atoms with Crippen molar-refractivity contribution in [2.75, 3.05) is 0 Å². The minimum Gasteiger partial charge on any atom is -0.446 e. The van der Waals surface area contributed by atoms with E-state index in [0.717, 1.165) is 10.2 Å². The Bertz CT molecular complexity index is 1020. The highest BCUT2D eigenvalue weighted by Crippen LogP contribution is 2.65. The van der Waals surface area contributed by atoms with Gasteiger partial charge in [0.15, 0.2) is 5.01 Å². The van der Waals surface area contributed by atoms with Crippen molar-refractivity contribution in [3.63, 3.8) is 0 Å². The van der Waals surface area contributed by atoms with Crippen LogP contribution in [0, 0.1) is 22.2 Å². The average molecular weight is 383 g/mol. The summed E-state index contributed by atoms with van der Waals surface area (Å²) in [6, 6.07) is 9.35. The Balaban J connectivity index is 1.63. The number of para-hydroxylation sites is 1. The Labute approximate surface area is 159 Å². The fourth-order valence-corrected chi connectivity index (χ4v) is 4.84. The molecule has 2 aromatic rings. The number of hydrogen-bond donors (Lipinski definition) is 0. The van der Waals surface area contributed by atoms with Crippen LogP contribution in [0.2, 0.25) is 0 Å². The minimum absolute atomic E-state index is 0.0937. The van der Waals surface area contributed by atoms with E-state index in [9.17, 15) is 14.9 Å². The van der Waals surface area contributed by atoms with Crippen molar-refractivity contribution in [3.05, 3.63) is 29.3 Å². The summed E-state index contributed by atoms with van der Waals surface area (Å²) in [7, 11) is 0. The summed E-state index contributed by atoms with van der Waals surface area (Å²) in [6.07, 6.45) is 0.917. The zero-order chi connectivity index (χ0) is 19.4. The summed E-state index contributed by atoms with van der Waals surface area (Å²) >= 11 is 1.29. The van der Waals surface area contributed by atoms with E-state index in [1.165, 1.54) is 11.3 Å². The fraction of sp³-hybridized carbons (Fsp3) is 0.421. The zero-order valence-corrected chi connectivity index (χ0v) is 15.9. The molecule has 0 spiro atoms. The Morgan fingerprint density at radius 1 is 1.33 bits per heavy atom. The predicted octanol–water partition coefficient (Wildman–Crippen LogP) is 3.19. The van der Waals surface area contributed by atoms with E-state index in [0.29, 0.717) is 17.8 Å². The molecule has 1 aliphatic carbocycles. The summed E-state index contributed by atoms with van der Waals surface area (Å²) in [5, 5.41) is 13.5. The van der Waals surface area contributed by atoms with Gasteiger partial charge in [-0.3, -0.25) is 4.79 Å². The van der Waals surface area contributed by atoms with Crippen LogP contribution in [0.15, 0.2) is 29.4 Å². The van der Waals surface area contributed by atoms with E-state index in [2.05, 4.69) is 10.1 Å². The lowest BCUT2D eigenvalue weighted by Gasteiger charge is -2.33. The van der Waals surface area contributed by atoms with Crippen LogP contribution >= 0.6 is 11.3 Å². The van der Waals surface area contributed by atoms with E-state index in [1.54, 1.807) is 0 Å². The first-order valence-corrected chi connectivity index (χ1v) is 9.36. The number of hydrogen-bond acceptors (Lipinski definition) is 8. The van der Waals surface area contributed by atoms with Crippen molar-refractivity contribution in [1.82, 2.24) is 4.98 Å². The molecule has 27 heavy (non-hydrogen) atoms. The summed E-state index contributed by atoms with van der Waals surface area (Å²) in [5.74, 6) is -1.15. The molecule has 8 heteroatoms. The molecule has 1 aromatic carbocycles. The second kappa shape index (κ2) is 5.60. The molecule has 138 valence electrons. The molecule has 2 atom stereocenters. The van der Waals surface area contributed by atoms with Gasteiger partial charge in [0.1, 0.15) is 6.07 Å². The average Bonchev–Trinajstić information content (AvgIpc) is 3.20. The number of carbonyl (C=O) groups excluding carboxylic acids is 2. The second-order valence-corrected chi connectivity index (χ2v) is 8.62. The fourth-order valence-electron chi connectivity index (χ4n) is 3.94. The second-order valence-electron chi connectivity index (χ2n) is 7.59. The number of esters is 1. The van der Waals surface area contributed by atoms with E-state index in [1.807, 2.05) is 51.1 Å². The molecule has 2 fully saturated rings. The van der Waals surface area contributed by atoms with Gasteiger partial charge in [-0.05, 0) is 31.9 Å². The third kappa shape index (κ3) is 2.18. The molecule has 4 rings (SSSR count). The molecule has 2 heterocycles. The van der Waals surface area contributed by atoms with E-state index >= 15 is 0 Å². The first-order valence-electron chi connectivity index (χ1n) is 8.54. The topological polar surface area (TPSA) is 102 Å². The maximum atomic E-state index is 12.8. The molecule has 0 N–H and O–H groups in total. The first-order chi connectivity index (χ1) is 12.7. The number of carbonyl (C=O) groups is 2. The number of nitriles is 1. The zero-order valence-electron chi connectivity index (χ0n) is 15.1. The maximum absolute atomic E-state index is 12.8. The van der Waals surface area contributed by atoms with Crippen LogP contribution in [-0.2, 0) is 19.2 Å². The lowest BCUT2D eigenvalue weighted by atomic mass is 9.66. The number of oxime groups is 1. The molecule has 1 saturated heterocycles. The van der Waals surface area contributed by atoms with Crippen LogP contribution in [0.3, 0.4) is 0 Å². The van der Waals surface area contributed by atoms with Gasteiger partial charge in [-0.1, -0.05) is 31.1 Å². The Morgan fingerprint density at radius 3 is 2.67 bits per heavy atom.